The lowest BCUT2D eigenvalue weighted by Crippen LogP contribution is -2.41. The molecule has 1 aliphatic rings. The average molecular weight is 382 g/mol. The van der Waals surface area contributed by atoms with Crippen LogP contribution in [0.15, 0.2) is 65.8 Å². The number of para-hydroxylation sites is 2. The summed E-state index contributed by atoms with van der Waals surface area (Å²) in [5.41, 5.74) is 2.39. The summed E-state index contributed by atoms with van der Waals surface area (Å²) in [5.74, 6) is 0. The quantitative estimate of drug-likeness (QED) is 0.449. The molecule has 0 saturated carbocycles. The molecular formula is C23H31N3S. The number of anilines is 2. The van der Waals surface area contributed by atoms with Crippen LogP contribution in [0.1, 0.15) is 51.9 Å². The molecule has 3 rings (SSSR count). The van der Waals surface area contributed by atoms with Gasteiger partial charge in [-0.25, -0.2) is 5.01 Å². The zero-order chi connectivity index (χ0) is 18.9. The molecule has 0 saturated heterocycles. The van der Waals surface area contributed by atoms with E-state index in [9.17, 15) is 0 Å². The van der Waals surface area contributed by atoms with Crippen molar-refractivity contribution in [1.29, 1.82) is 0 Å². The van der Waals surface area contributed by atoms with E-state index in [1.165, 1.54) is 49.9 Å². The summed E-state index contributed by atoms with van der Waals surface area (Å²) in [7, 11) is 0. The number of thioether (sulfide) groups is 1. The van der Waals surface area contributed by atoms with Gasteiger partial charge in [0.05, 0.1) is 5.69 Å². The summed E-state index contributed by atoms with van der Waals surface area (Å²) in [4.78, 5) is 2.41. The van der Waals surface area contributed by atoms with Crippen LogP contribution >= 0.6 is 11.8 Å². The minimum atomic E-state index is 0.239. The molecule has 0 bridgehead atoms. The predicted octanol–water partition coefficient (Wildman–Crippen LogP) is 6.72. The predicted molar refractivity (Wildman–Crippen MR) is 121 cm³/mol. The van der Waals surface area contributed by atoms with Gasteiger partial charge in [-0.05, 0) is 43.4 Å². The van der Waals surface area contributed by atoms with E-state index in [1.807, 2.05) is 0 Å². The van der Waals surface area contributed by atoms with Crippen LogP contribution in [0.25, 0.3) is 0 Å². The molecule has 1 heterocycles. The molecule has 0 aromatic heterocycles. The van der Waals surface area contributed by atoms with Crippen LogP contribution in [0.5, 0.6) is 0 Å². The standard InChI is InChI=1S/C23H31N3S/c1-3-4-5-6-7-14-19-22-25(20-15-10-8-11-16-20)23(27-2)24-26(22)21-17-12-9-13-18-21/h8-13,15-18,22H,3-7,14,19H2,1-2H3. The van der Waals surface area contributed by atoms with Crippen LogP contribution < -0.4 is 9.91 Å². The first kappa shape index (κ1) is 19.8. The number of nitrogens with zero attached hydrogens (tertiary/aromatic N) is 3. The van der Waals surface area contributed by atoms with E-state index >= 15 is 0 Å². The fourth-order valence-electron chi connectivity index (χ4n) is 3.62. The molecule has 2 aromatic rings. The van der Waals surface area contributed by atoms with E-state index in [-0.39, 0.29) is 6.17 Å². The van der Waals surface area contributed by atoms with E-state index in [4.69, 9.17) is 5.10 Å². The lowest BCUT2D eigenvalue weighted by molar-refractivity contribution is 0.531. The Morgan fingerprint density at radius 1 is 0.815 bits per heavy atom. The van der Waals surface area contributed by atoms with Crippen molar-refractivity contribution in [2.24, 2.45) is 5.10 Å². The summed E-state index contributed by atoms with van der Waals surface area (Å²) in [5, 5.41) is 8.27. The van der Waals surface area contributed by atoms with Gasteiger partial charge in [0.1, 0.15) is 6.17 Å². The molecule has 0 radical (unpaired) electrons. The first-order valence-electron chi connectivity index (χ1n) is 10.2. The third kappa shape index (κ3) is 5.07. The van der Waals surface area contributed by atoms with Gasteiger partial charge < -0.3 is 0 Å². The van der Waals surface area contributed by atoms with Crippen LogP contribution in [0, 0.1) is 0 Å². The number of hydrazone groups is 1. The van der Waals surface area contributed by atoms with Gasteiger partial charge in [0.15, 0.2) is 5.17 Å². The van der Waals surface area contributed by atoms with Gasteiger partial charge in [0.2, 0.25) is 0 Å². The number of rotatable bonds is 9. The largest absolute Gasteiger partial charge is 0.297 e. The van der Waals surface area contributed by atoms with E-state index in [0.29, 0.717) is 0 Å². The molecule has 0 aliphatic carbocycles. The zero-order valence-electron chi connectivity index (χ0n) is 16.6. The van der Waals surface area contributed by atoms with Crippen LogP contribution in [-0.2, 0) is 0 Å². The summed E-state index contributed by atoms with van der Waals surface area (Å²) in [6.07, 6.45) is 11.4. The van der Waals surface area contributed by atoms with Crippen molar-refractivity contribution in [3.05, 3.63) is 60.7 Å². The van der Waals surface area contributed by atoms with Crippen molar-refractivity contribution >= 4 is 28.3 Å². The molecular weight excluding hydrogens is 350 g/mol. The Hall–Kier alpha value is -1.94. The minimum absolute atomic E-state index is 0.239. The lowest BCUT2D eigenvalue weighted by Gasteiger charge is -2.31. The van der Waals surface area contributed by atoms with Crippen LogP contribution in [-0.4, -0.2) is 17.6 Å². The Labute approximate surface area is 168 Å². The Morgan fingerprint density at radius 2 is 1.41 bits per heavy atom. The van der Waals surface area contributed by atoms with E-state index < -0.39 is 0 Å². The highest BCUT2D eigenvalue weighted by Crippen LogP contribution is 2.34. The van der Waals surface area contributed by atoms with Gasteiger partial charge in [-0.15, -0.1) is 5.10 Å². The van der Waals surface area contributed by atoms with Crippen molar-refractivity contribution < 1.29 is 0 Å². The van der Waals surface area contributed by atoms with Crippen LogP contribution in [0.2, 0.25) is 0 Å². The first-order chi connectivity index (χ1) is 13.3. The molecule has 1 aliphatic heterocycles. The number of amidine groups is 1. The van der Waals surface area contributed by atoms with E-state index in [1.54, 1.807) is 11.8 Å². The zero-order valence-corrected chi connectivity index (χ0v) is 17.4. The van der Waals surface area contributed by atoms with Gasteiger partial charge in [-0.1, -0.05) is 87.2 Å². The van der Waals surface area contributed by atoms with E-state index in [2.05, 4.69) is 83.8 Å². The van der Waals surface area contributed by atoms with Crippen LogP contribution in [0.3, 0.4) is 0 Å². The first-order valence-corrected chi connectivity index (χ1v) is 11.4. The third-order valence-corrected chi connectivity index (χ3v) is 5.68. The average Bonchev–Trinajstić information content (AvgIpc) is 3.10. The topological polar surface area (TPSA) is 18.8 Å². The molecule has 0 N–H and O–H groups in total. The van der Waals surface area contributed by atoms with E-state index in [0.717, 1.165) is 11.6 Å². The molecule has 0 amide bonds. The third-order valence-electron chi connectivity index (χ3n) is 5.03. The molecule has 144 valence electrons. The molecule has 27 heavy (non-hydrogen) atoms. The smallest absolute Gasteiger partial charge is 0.189 e. The SMILES string of the molecule is CCCCCCCCC1N(c2ccccc2)N=C(SC)N1c1ccccc1. The van der Waals surface area contributed by atoms with Gasteiger partial charge in [-0.2, -0.15) is 0 Å². The number of hydrogen-bond donors (Lipinski definition) is 0. The van der Waals surface area contributed by atoms with Gasteiger partial charge in [0, 0.05) is 5.69 Å². The monoisotopic (exact) mass is 381 g/mol. The number of benzene rings is 2. The Bertz CT molecular complexity index is 702. The summed E-state index contributed by atoms with van der Waals surface area (Å²) >= 11 is 1.72. The second-order valence-corrected chi connectivity index (χ2v) is 7.78. The Kier molecular flexibility index (Phi) is 7.64. The highest BCUT2D eigenvalue weighted by atomic mass is 32.2. The van der Waals surface area contributed by atoms with Gasteiger partial charge in [0.25, 0.3) is 0 Å². The fraction of sp³-hybridized carbons (Fsp3) is 0.435. The van der Waals surface area contributed by atoms with Crippen molar-refractivity contribution in [3.63, 3.8) is 0 Å². The molecule has 3 nitrogen and oxygen atoms in total. The van der Waals surface area contributed by atoms with Gasteiger partial charge in [-0.3, -0.25) is 4.90 Å². The lowest BCUT2D eigenvalue weighted by atomic mass is 10.1. The molecule has 0 fully saturated rings. The molecule has 2 aromatic carbocycles. The van der Waals surface area contributed by atoms with Crippen LogP contribution in [0.4, 0.5) is 11.4 Å². The van der Waals surface area contributed by atoms with Crippen molar-refractivity contribution in [3.8, 4) is 0 Å². The second-order valence-electron chi connectivity index (χ2n) is 7.01. The summed E-state index contributed by atoms with van der Waals surface area (Å²) in [6, 6.07) is 21.2. The Morgan fingerprint density at radius 3 is 2.04 bits per heavy atom. The molecule has 0 spiro atoms. The second kappa shape index (κ2) is 10.4. The molecule has 1 unspecified atom stereocenters. The Balaban J connectivity index is 1.78. The number of hydrogen-bond acceptors (Lipinski definition) is 4. The summed E-state index contributed by atoms with van der Waals surface area (Å²) < 4.78 is 0. The minimum Gasteiger partial charge on any atom is -0.297 e. The fourth-order valence-corrected chi connectivity index (χ4v) is 4.22. The highest BCUT2D eigenvalue weighted by Gasteiger charge is 2.35. The normalized spacial score (nSPS) is 16.7. The van der Waals surface area contributed by atoms with Crippen molar-refractivity contribution in [1.82, 2.24) is 0 Å². The maximum Gasteiger partial charge on any atom is 0.189 e. The van der Waals surface area contributed by atoms with Crippen molar-refractivity contribution in [2.75, 3.05) is 16.2 Å². The maximum atomic E-state index is 4.98. The number of unbranched alkanes of at least 4 members (excludes halogenated alkanes) is 5. The van der Waals surface area contributed by atoms with Crippen molar-refractivity contribution in [2.45, 2.75) is 58.0 Å². The molecule has 1 atom stereocenters. The summed E-state index contributed by atoms with van der Waals surface area (Å²) in [6.45, 7) is 2.27. The molecule has 4 heteroatoms. The van der Waals surface area contributed by atoms with Gasteiger partial charge >= 0.3 is 0 Å². The highest BCUT2D eigenvalue weighted by molar-refractivity contribution is 8.13. The maximum absolute atomic E-state index is 4.98.